The summed E-state index contributed by atoms with van der Waals surface area (Å²) in [5.41, 5.74) is -4.85. The number of unbranched alkanes of at least 4 members (excludes halogenated alkanes) is 1. The molecule has 17 heteroatoms. The SMILES string of the molecule is CCCCC(=O)OCC(=O)[C@@]1(O)Cc2c(O)c3c(c(O)c2[C@H](O[C@@H]2C[C@@H](NC(=O)C(F)(F)F)[C@@H](O)[C@@H](C)O2)C1)C(=O)c1c(OC)cccc1C3=O. The minimum Gasteiger partial charge on any atom is -0.507 e. The summed E-state index contributed by atoms with van der Waals surface area (Å²) in [6.07, 6.45) is -12.3. The van der Waals surface area contributed by atoms with E-state index in [1.165, 1.54) is 32.2 Å². The number of aliphatic hydroxyl groups excluding tert-OH is 1. The fourth-order valence-electron chi connectivity index (χ4n) is 6.64. The number of ether oxygens (including phenoxy) is 4. The summed E-state index contributed by atoms with van der Waals surface area (Å²) in [5.74, 6) is -7.66. The van der Waals surface area contributed by atoms with Crippen molar-refractivity contribution in [2.45, 2.75) is 94.8 Å². The molecule has 1 amide bonds. The van der Waals surface area contributed by atoms with E-state index in [1.807, 2.05) is 6.92 Å². The van der Waals surface area contributed by atoms with Gasteiger partial charge in [-0.1, -0.05) is 25.5 Å². The second-order valence-electron chi connectivity index (χ2n) is 12.7. The van der Waals surface area contributed by atoms with Crippen LogP contribution < -0.4 is 10.1 Å². The molecule has 1 saturated heterocycles. The van der Waals surface area contributed by atoms with E-state index >= 15 is 0 Å². The molecule has 2 aromatic rings. The second kappa shape index (κ2) is 14.2. The minimum absolute atomic E-state index is 0.00489. The molecule has 5 N–H and O–H groups in total. The van der Waals surface area contributed by atoms with Gasteiger partial charge in [0.15, 0.2) is 18.7 Å². The van der Waals surface area contributed by atoms with E-state index < -0.39 is 120 Å². The number of halogens is 3. The fourth-order valence-corrected chi connectivity index (χ4v) is 6.64. The number of phenolic OH excluding ortho intramolecular Hbond substituents is 2. The summed E-state index contributed by atoms with van der Waals surface area (Å²) >= 11 is 0. The van der Waals surface area contributed by atoms with Crippen LogP contribution in [-0.4, -0.2) is 99.7 Å². The van der Waals surface area contributed by atoms with Crippen LogP contribution in [0.25, 0.3) is 0 Å². The van der Waals surface area contributed by atoms with E-state index in [0.717, 1.165) is 0 Å². The van der Waals surface area contributed by atoms with Crippen molar-refractivity contribution in [1.29, 1.82) is 0 Å². The van der Waals surface area contributed by atoms with Crippen LogP contribution in [-0.2, 0) is 35.0 Å². The molecule has 276 valence electrons. The predicted molar refractivity (Wildman–Crippen MR) is 165 cm³/mol. The number of alkyl halides is 3. The van der Waals surface area contributed by atoms with Crippen molar-refractivity contribution in [3.8, 4) is 17.2 Å². The molecule has 0 unspecified atom stereocenters. The number of hydrogen-bond donors (Lipinski definition) is 5. The van der Waals surface area contributed by atoms with Crippen molar-refractivity contribution < 1.29 is 76.5 Å². The first-order valence-electron chi connectivity index (χ1n) is 16.1. The molecule has 51 heavy (non-hydrogen) atoms. The fraction of sp³-hybridized carbons (Fsp3) is 0.500. The van der Waals surface area contributed by atoms with Gasteiger partial charge < -0.3 is 44.7 Å². The lowest BCUT2D eigenvalue weighted by Gasteiger charge is -2.43. The van der Waals surface area contributed by atoms with E-state index in [-0.39, 0.29) is 34.4 Å². The Labute approximate surface area is 288 Å². The molecule has 0 saturated carbocycles. The van der Waals surface area contributed by atoms with Crippen molar-refractivity contribution in [3.05, 3.63) is 51.6 Å². The van der Waals surface area contributed by atoms with Crippen molar-refractivity contribution >= 4 is 29.2 Å². The van der Waals surface area contributed by atoms with Gasteiger partial charge in [0.2, 0.25) is 11.6 Å². The average molecular weight is 724 g/mol. The summed E-state index contributed by atoms with van der Waals surface area (Å²) in [5, 5.41) is 47.2. The topological polar surface area (TPSA) is 215 Å². The molecule has 14 nitrogen and oxygen atoms in total. The minimum atomic E-state index is -5.29. The third kappa shape index (κ3) is 7.02. The normalized spacial score (nSPS) is 25.7. The van der Waals surface area contributed by atoms with Crippen LogP contribution >= 0.6 is 0 Å². The molecule has 1 heterocycles. The van der Waals surface area contributed by atoms with Crippen molar-refractivity contribution in [1.82, 2.24) is 5.32 Å². The number of esters is 1. The number of carbonyl (C=O) groups is 5. The van der Waals surface area contributed by atoms with E-state index in [9.17, 15) is 57.6 Å². The Hall–Kier alpha value is -4.58. The number of aliphatic hydroxyl groups is 2. The molecule has 3 aliphatic rings. The molecule has 0 spiro atoms. The first kappa shape index (κ1) is 37.7. The maximum atomic E-state index is 13.9. The Morgan fingerprint density at radius 1 is 1.08 bits per heavy atom. The molecule has 2 aliphatic carbocycles. The first-order valence-corrected chi connectivity index (χ1v) is 16.1. The van der Waals surface area contributed by atoms with Gasteiger partial charge in [0, 0.05) is 42.4 Å². The Bertz CT molecular complexity index is 1780. The highest BCUT2D eigenvalue weighted by molar-refractivity contribution is 6.31. The van der Waals surface area contributed by atoms with Gasteiger partial charge in [-0.2, -0.15) is 13.2 Å². The highest BCUT2D eigenvalue weighted by atomic mass is 19.4. The van der Waals surface area contributed by atoms with Gasteiger partial charge in [0.05, 0.1) is 42.0 Å². The lowest BCUT2D eigenvalue weighted by Crippen LogP contribution is -2.57. The number of ketones is 3. The summed E-state index contributed by atoms with van der Waals surface area (Å²) in [4.78, 5) is 64.9. The van der Waals surface area contributed by atoms with Gasteiger partial charge in [-0.3, -0.25) is 24.0 Å². The van der Waals surface area contributed by atoms with E-state index in [2.05, 4.69) is 0 Å². The number of Topliss-reactive ketones (excluding diaryl/α,β-unsaturated/α-hetero) is 1. The molecule has 2 aromatic carbocycles. The van der Waals surface area contributed by atoms with E-state index in [4.69, 9.17) is 18.9 Å². The number of methoxy groups -OCH3 is 1. The van der Waals surface area contributed by atoms with Crippen LogP contribution in [0.4, 0.5) is 13.2 Å². The number of nitrogens with one attached hydrogen (secondary N) is 1. The van der Waals surface area contributed by atoms with E-state index in [1.54, 1.807) is 5.32 Å². The number of aromatic hydroxyl groups is 2. The molecule has 0 aromatic heterocycles. The molecular formula is C34H36F3NO13. The number of hydrogen-bond acceptors (Lipinski definition) is 13. The molecule has 0 radical (unpaired) electrons. The molecule has 0 bridgehead atoms. The van der Waals surface area contributed by atoms with Crippen LogP contribution in [0.5, 0.6) is 17.2 Å². The molecule has 1 aliphatic heterocycles. The van der Waals surface area contributed by atoms with Gasteiger partial charge in [0.25, 0.3) is 0 Å². The van der Waals surface area contributed by atoms with E-state index in [0.29, 0.717) is 12.8 Å². The summed E-state index contributed by atoms with van der Waals surface area (Å²) in [6, 6.07) is 2.58. The Balaban J connectivity index is 1.58. The Morgan fingerprint density at radius 2 is 1.76 bits per heavy atom. The highest BCUT2D eigenvalue weighted by Gasteiger charge is 2.51. The van der Waals surface area contributed by atoms with Crippen LogP contribution in [0.2, 0.25) is 0 Å². The molecule has 5 rings (SSSR count). The summed E-state index contributed by atoms with van der Waals surface area (Å²) < 4.78 is 61.1. The number of rotatable bonds is 10. The van der Waals surface area contributed by atoms with Crippen molar-refractivity contribution in [3.63, 3.8) is 0 Å². The Kier molecular flexibility index (Phi) is 10.5. The lowest BCUT2D eigenvalue weighted by molar-refractivity contribution is -0.250. The zero-order valence-electron chi connectivity index (χ0n) is 27.7. The molecule has 1 fully saturated rings. The van der Waals surface area contributed by atoms with Crippen LogP contribution in [0.15, 0.2) is 18.2 Å². The van der Waals surface area contributed by atoms with Gasteiger partial charge >= 0.3 is 18.1 Å². The quantitative estimate of drug-likeness (QED) is 0.150. The number of benzene rings is 2. The third-order valence-electron chi connectivity index (χ3n) is 9.29. The van der Waals surface area contributed by atoms with Gasteiger partial charge in [-0.05, 0) is 19.4 Å². The van der Waals surface area contributed by atoms with Gasteiger partial charge in [0.1, 0.15) is 29.0 Å². The summed E-state index contributed by atoms with van der Waals surface area (Å²) in [7, 11) is 1.25. The summed E-state index contributed by atoms with van der Waals surface area (Å²) in [6.45, 7) is 2.21. The Morgan fingerprint density at radius 3 is 2.41 bits per heavy atom. The first-order chi connectivity index (χ1) is 23.9. The smallest absolute Gasteiger partial charge is 0.471 e. The zero-order valence-corrected chi connectivity index (χ0v) is 27.7. The number of fused-ring (bicyclic) bond motifs is 3. The van der Waals surface area contributed by atoms with Gasteiger partial charge in [-0.25, -0.2) is 0 Å². The van der Waals surface area contributed by atoms with Crippen LogP contribution in [0.3, 0.4) is 0 Å². The maximum absolute atomic E-state index is 13.9. The standard InChI is InChI=1S/C34H36F3NO13/c1-4-5-9-21(40)49-13-20(39)33(47)11-16-24(19(12-33)51-22-10-17(27(41)14(2)50-22)38-32(46)34(35,36)37)31(45)26-25(29(16)43)28(42)15-7-6-8-18(48-3)23(15)30(26)44/h6-8,14,17,19,22,27,41,43,45,47H,4-5,9-13H2,1-3H3,(H,38,46)/t14-,17-,19-,22-,27+,33-/m1/s1. The predicted octanol–water partition coefficient (Wildman–Crippen LogP) is 2.46. The van der Waals surface area contributed by atoms with Gasteiger partial charge in [-0.15, -0.1) is 0 Å². The monoisotopic (exact) mass is 723 g/mol. The molecule has 6 atom stereocenters. The molecular weight excluding hydrogens is 687 g/mol. The average Bonchev–Trinajstić information content (AvgIpc) is 3.07. The number of amides is 1. The maximum Gasteiger partial charge on any atom is 0.471 e. The third-order valence-corrected chi connectivity index (χ3v) is 9.29. The highest BCUT2D eigenvalue weighted by Crippen LogP contribution is 2.52. The largest absolute Gasteiger partial charge is 0.507 e. The number of phenols is 2. The van der Waals surface area contributed by atoms with Crippen LogP contribution in [0.1, 0.15) is 95.0 Å². The lowest BCUT2D eigenvalue weighted by atomic mass is 9.72. The van der Waals surface area contributed by atoms with Crippen LogP contribution in [0, 0.1) is 0 Å². The van der Waals surface area contributed by atoms with Crippen molar-refractivity contribution in [2.24, 2.45) is 0 Å². The van der Waals surface area contributed by atoms with Crippen molar-refractivity contribution in [2.75, 3.05) is 13.7 Å². The number of carbonyl (C=O) groups excluding carboxylic acids is 5. The zero-order chi connectivity index (χ0) is 37.6. The second-order valence-corrected chi connectivity index (χ2v) is 12.7.